The molecule has 2 aromatic heterocycles. The Hall–Kier alpha value is -4.54. The Labute approximate surface area is 299 Å². The highest BCUT2D eigenvalue weighted by Gasteiger charge is 2.37. The maximum Gasteiger partial charge on any atom is 0.339 e. The predicted octanol–water partition coefficient (Wildman–Crippen LogP) is 9.19. The standard InChI is InChI=1S/C41H49F2N3O5/c1-10-13-27(4)50-33-24-30(42)23-31(43)36(33)29-15-12-14-28(22-29)32-25-46-34(44-32)21-26(3)35(37(39(47)48-9)51-40(5,6)7)38(46)45-18-16-41(8,17-19-45)49-20-11-2/h10-12,14-15,21-25,27,37H,1-2,13,16-20H2,3-9H3/t27-,37?/m0/s1. The number of hydrogen-bond acceptors (Lipinski definition) is 7. The molecule has 10 heteroatoms. The smallest absolute Gasteiger partial charge is 0.339 e. The number of piperidine rings is 1. The summed E-state index contributed by atoms with van der Waals surface area (Å²) < 4.78 is 55.7. The fourth-order valence-corrected chi connectivity index (χ4v) is 6.57. The Morgan fingerprint density at radius 1 is 1.08 bits per heavy atom. The minimum atomic E-state index is -1.00. The minimum Gasteiger partial charge on any atom is -0.490 e. The van der Waals surface area contributed by atoms with Crippen molar-refractivity contribution in [2.45, 2.75) is 84.2 Å². The van der Waals surface area contributed by atoms with Crippen LogP contribution in [0.4, 0.5) is 14.6 Å². The van der Waals surface area contributed by atoms with Gasteiger partial charge in [-0.25, -0.2) is 18.6 Å². The monoisotopic (exact) mass is 701 g/mol. The summed E-state index contributed by atoms with van der Waals surface area (Å²) in [5.41, 5.74) is 3.23. The van der Waals surface area contributed by atoms with Crippen molar-refractivity contribution in [3.8, 4) is 28.1 Å². The number of anilines is 1. The van der Waals surface area contributed by atoms with E-state index in [1.807, 2.05) is 69.5 Å². The van der Waals surface area contributed by atoms with Gasteiger partial charge < -0.3 is 23.8 Å². The maximum atomic E-state index is 15.5. The van der Waals surface area contributed by atoms with Gasteiger partial charge in [0.1, 0.15) is 28.8 Å². The second-order valence-corrected chi connectivity index (χ2v) is 14.4. The molecule has 0 spiro atoms. The highest BCUT2D eigenvalue weighted by Crippen LogP contribution is 2.41. The first-order valence-electron chi connectivity index (χ1n) is 17.3. The summed E-state index contributed by atoms with van der Waals surface area (Å²) in [5, 5.41) is 0. The van der Waals surface area contributed by atoms with Crippen molar-refractivity contribution in [1.29, 1.82) is 0 Å². The van der Waals surface area contributed by atoms with Crippen molar-refractivity contribution >= 4 is 17.4 Å². The fourth-order valence-electron chi connectivity index (χ4n) is 6.57. The molecule has 0 saturated carbocycles. The molecule has 272 valence electrons. The lowest BCUT2D eigenvalue weighted by molar-refractivity contribution is -0.164. The highest BCUT2D eigenvalue weighted by molar-refractivity contribution is 5.82. The summed E-state index contributed by atoms with van der Waals surface area (Å²) in [7, 11) is 1.36. The van der Waals surface area contributed by atoms with Crippen LogP contribution < -0.4 is 9.64 Å². The molecule has 1 unspecified atom stereocenters. The van der Waals surface area contributed by atoms with E-state index in [9.17, 15) is 9.18 Å². The number of methoxy groups -OCH3 is 1. The lowest BCUT2D eigenvalue weighted by Crippen LogP contribution is -2.45. The molecule has 2 aromatic carbocycles. The molecule has 0 N–H and O–H groups in total. The van der Waals surface area contributed by atoms with Crippen LogP contribution in [0.3, 0.4) is 0 Å². The van der Waals surface area contributed by atoms with Gasteiger partial charge in [-0.3, -0.25) is 4.40 Å². The van der Waals surface area contributed by atoms with Gasteiger partial charge in [-0.1, -0.05) is 30.4 Å². The van der Waals surface area contributed by atoms with E-state index in [1.165, 1.54) is 13.2 Å². The zero-order valence-corrected chi connectivity index (χ0v) is 30.7. The molecule has 1 aliphatic rings. The number of benzene rings is 2. The summed E-state index contributed by atoms with van der Waals surface area (Å²) in [6.45, 7) is 20.9. The number of halogens is 2. The number of pyridine rings is 1. The summed E-state index contributed by atoms with van der Waals surface area (Å²) in [4.78, 5) is 20.7. The Bertz CT molecular complexity index is 1910. The molecule has 1 fully saturated rings. The van der Waals surface area contributed by atoms with Crippen molar-refractivity contribution in [2.75, 3.05) is 31.7 Å². The zero-order valence-electron chi connectivity index (χ0n) is 30.7. The number of nitrogens with zero attached hydrogens (tertiary/aromatic N) is 3. The van der Waals surface area contributed by atoms with E-state index in [1.54, 1.807) is 18.2 Å². The first kappa shape index (κ1) is 37.7. The Kier molecular flexibility index (Phi) is 11.4. The molecule has 0 radical (unpaired) electrons. The SMILES string of the molecule is C=CCOC1(C)CCN(c2c(C(OC(C)(C)C)C(=O)OC)c(C)cc3nc(-c4cccc(-c5c(F)cc(F)cc5O[C@@H](C)CC=C)c4)cn23)CC1. The molecule has 2 atom stereocenters. The van der Waals surface area contributed by atoms with Crippen molar-refractivity contribution < 1.29 is 32.5 Å². The summed E-state index contributed by atoms with van der Waals surface area (Å²) in [5.74, 6) is -1.06. The molecular weight excluding hydrogens is 652 g/mol. The number of esters is 1. The second kappa shape index (κ2) is 15.4. The van der Waals surface area contributed by atoms with Crippen molar-refractivity contribution in [3.05, 3.63) is 96.7 Å². The predicted molar refractivity (Wildman–Crippen MR) is 197 cm³/mol. The number of aryl methyl sites for hydroxylation is 1. The van der Waals surface area contributed by atoms with Gasteiger partial charge in [-0.2, -0.15) is 0 Å². The quantitative estimate of drug-likeness (QED) is 0.102. The third kappa shape index (κ3) is 8.51. The van der Waals surface area contributed by atoms with Gasteiger partial charge in [0.25, 0.3) is 0 Å². The van der Waals surface area contributed by atoms with Crippen molar-refractivity contribution in [3.63, 3.8) is 0 Å². The number of carbonyl (C=O) groups excluding carboxylic acids is 1. The third-order valence-corrected chi connectivity index (χ3v) is 9.08. The molecule has 3 heterocycles. The van der Waals surface area contributed by atoms with E-state index >= 15 is 4.39 Å². The Morgan fingerprint density at radius 3 is 2.43 bits per heavy atom. The molecule has 0 amide bonds. The van der Waals surface area contributed by atoms with Gasteiger partial charge in [0.2, 0.25) is 0 Å². The largest absolute Gasteiger partial charge is 0.490 e. The van der Waals surface area contributed by atoms with E-state index in [0.29, 0.717) is 48.6 Å². The van der Waals surface area contributed by atoms with Gasteiger partial charge in [0.15, 0.2) is 6.10 Å². The van der Waals surface area contributed by atoms with Gasteiger partial charge in [-0.15, -0.1) is 13.2 Å². The lowest BCUT2D eigenvalue weighted by Gasteiger charge is -2.41. The van der Waals surface area contributed by atoms with Gasteiger partial charge in [-0.05, 0) is 77.6 Å². The average Bonchev–Trinajstić information content (AvgIpc) is 3.49. The number of hydrogen-bond donors (Lipinski definition) is 0. The topological polar surface area (TPSA) is 74.5 Å². The van der Waals surface area contributed by atoms with Crippen LogP contribution in [0.1, 0.15) is 71.1 Å². The minimum absolute atomic E-state index is 0.110. The van der Waals surface area contributed by atoms with Crippen LogP contribution in [0.25, 0.3) is 28.0 Å². The van der Waals surface area contributed by atoms with Crippen LogP contribution in [0.2, 0.25) is 0 Å². The number of carbonyl (C=O) groups is 1. The number of fused-ring (bicyclic) bond motifs is 1. The average molecular weight is 702 g/mol. The summed E-state index contributed by atoms with van der Waals surface area (Å²) in [6, 6.07) is 11.3. The molecule has 1 saturated heterocycles. The third-order valence-electron chi connectivity index (χ3n) is 9.08. The number of rotatable bonds is 13. The van der Waals surface area contributed by atoms with Gasteiger partial charge >= 0.3 is 5.97 Å². The lowest BCUT2D eigenvalue weighted by atomic mass is 9.92. The molecule has 51 heavy (non-hydrogen) atoms. The van der Waals surface area contributed by atoms with E-state index in [0.717, 1.165) is 35.9 Å². The Balaban J connectivity index is 1.66. The molecule has 4 aromatic rings. The van der Waals surface area contributed by atoms with E-state index < -0.39 is 29.3 Å². The van der Waals surface area contributed by atoms with E-state index in [2.05, 4.69) is 25.0 Å². The molecule has 5 rings (SSSR count). The van der Waals surface area contributed by atoms with Crippen LogP contribution >= 0.6 is 0 Å². The van der Waals surface area contributed by atoms with Crippen LogP contribution in [-0.4, -0.2) is 59.5 Å². The number of ether oxygens (including phenoxy) is 4. The van der Waals surface area contributed by atoms with E-state index in [4.69, 9.17) is 23.9 Å². The second-order valence-electron chi connectivity index (χ2n) is 14.4. The molecule has 0 aliphatic carbocycles. The fraction of sp³-hybridized carbons (Fsp3) is 0.415. The Morgan fingerprint density at radius 2 is 1.78 bits per heavy atom. The van der Waals surface area contributed by atoms with Crippen molar-refractivity contribution in [2.24, 2.45) is 0 Å². The number of aromatic nitrogens is 2. The van der Waals surface area contributed by atoms with Crippen molar-refractivity contribution in [1.82, 2.24) is 9.38 Å². The molecule has 1 aliphatic heterocycles. The first-order chi connectivity index (χ1) is 24.2. The molecule has 0 bridgehead atoms. The number of imidazole rings is 1. The van der Waals surface area contributed by atoms with Crippen LogP contribution in [0, 0.1) is 18.6 Å². The van der Waals surface area contributed by atoms with Crippen LogP contribution in [0.15, 0.2) is 74.0 Å². The normalized spacial score (nSPS) is 15.7. The molecule has 8 nitrogen and oxygen atoms in total. The first-order valence-corrected chi connectivity index (χ1v) is 17.3. The van der Waals surface area contributed by atoms with E-state index in [-0.39, 0.29) is 23.0 Å². The van der Waals surface area contributed by atoms with Crippen LogP contribution in [0.5, 0.6) is 5.75 Å². The van der Waals surface area contributed by atoms with Gasteiger partial charge in [0.05, 0.1) is 42.3 Å². The zero-order chi connectivity index (χ0) is 37.1. The summed E-state index contributed by atoms with van der Waals surface area (Å²) in [6.07, 6.45) is 6.06. The van der Waals surface area contributed by atoms with Gasteiger partial charge in [0, 0.05) is 49.0 Å². The highest BCUT2D eigenvalue weighted by atomic mass is 19.1. The summed E-state index contributed by atoms with van der Waals surface area (Å²) >= 11 is 0. The maximum absolute atomic E-state index is 15.5. The van der Waals surface area contributed by atoms with Crippen LogP contribution in [-0.2, 0) is 19.0 Å². The molecular formula is C41H49F2N3O5.